The Morgan fingerprint density at radius 1 is 1.92 bits per heavy atom. The van der Waals surface area contributed by atoms with E-state index in [9.17, 15) is 4.79 Å². The van der Waals surface area contributed by atoms with Gasteiger partial charge in [-0.25, -0.2) is 9.78 Å². The Kier molecular flexibility index (Phi) is 3.05. The number of hydrogen-bond acceptors (Lipinski definition) is 3. The minimum absolute atomic E-state index is 0.0806. The van der Waals surface area contributed by atoms with Crippen LogP contribution in [0.3, 0.4) is 0 Å². The summed E-state index contributed by atoms with van der Waals surface area (Å²) in [6.07, 6.45) is 1.30. The van der Waals surface area contributed by atoms with Crippen LogP contribution in [0.5, 0.6) is 0 Å². The van der Waals surface area contributed by atoms with Crippen molar-refractivity contribution < 1.29 is 9.90 Å². The van der Waals surface area contributed by atoms with E-state index in [4.69, 9.17) is 10.8 Å². The number of halogens is 1. The maximum atomic E-state index is 10.7. The van der Waals surface area contributed by atoms with Crippen LogP contribution >= 0.6 is 15.9 Å². The highest BCUT2D eigenvalue weighted by Gasteiger charge is 2.17. The van der Waals surface area contributed by atoms with Crippen LogP contribution in [0.2, 0.25) is 0 Å². The third kappa shape index (κ3) is 1.89. The molecule has 0 bridgehead atoms. The third-order valence-corrected chi connectivity index (χ3v) is 2.34. The number of carboxylic acids is 1. The lowest BCUT2D eigenvalue weighted by atomic mass is 10.3. The summed E-state index contributed by atoms with van der Waals surface area (Å²) in [7, 11) is 0. The number of hydrogen-bond donors (Lipinski definition) is 2. The van der Waals surface area contributed by atoms with Crippen molar-refractivity contribution in [1.82, 2.24) is 9.55 Å². The largest absolute Gasteiger partial charge is 0.477 e. The lowest BCUT2D eigenvalue weighted by Gasteiger charge is -2.13. The molecule has 13 heavy (non-hydrogen) atoms. The number of aromatic carboxylic acids is 1. The third-order valence-electron chi connectivity index (χ3n) is 1.75. The SMILES string of the molecule is CC(CN)n1c(C(=O)O)cnc1Br. The Balaban J connectivity index is 3.15. The van der Waals surface area contributed by atoms with Crippen molar-refractivity contribution in [3.05, 3.63) is 16.6 Å². The first-order valence-corrected chi connectivity index (χ1v) is 4.53. The van der Waals surface area contributed by atoms with E-state index in [0.717, 1.165) is 0 Å². The van der Waals surface area contributed by atoms with Gasteiger partial charge in [0.2, 0.25) is 0 Å². The van der Waals surface area contributed by atoms with Gasteiger partial charge in [-0.05, 0) is 22.9 Å². The molecule has 0 fully saturated rings. The van der Waals surface area contributed by atoms with Crippen molar-refractivity contribution in [2.45, 2.75) is 13.0 Å². The number of carbonyl (C=O) groups is 1. The summed E-state index contributed by atoms with van der Waals surface area (Å²) in [5.74, 6) is -1.00. The second kappa shape index (κ2) is 3.89. The average Bonchev–Trinajstić information content (AvgIpc) is 2.46. The first-order chi connectivity index (χ1) is 6.07. The van der Waals surface area contributed by atoms with Crippen LogP contribution in [0, 0.1) is 0 Å². The summed E-state index contributed by atoms with van der Waals surface area (Å²) >= 11 is 3.16. The first kappa shape index (κ1) is 10.2. The number of rotatable bonds is 3. The fourth-order valence-corrected chi connectivity index (χ4v) is 1.66. The lowest BCUT2D eigenvalue weighted by Crippen LogP contribution is -2.20. The zero-order valence-corrected chi connectivity index (χ0v) is 8.65. The molecular weight excluding hydrogens is 238 g/mol. The second-order valence-electron chi connectivity index (χ2n) is 2.67. The molecule has 0 aliphatic carbocycles. The topological polar surface area (TPSA) is 81.1 Å². The van der Waals surface area contributed by atoms with Crippen LogP contribution in [-0.2, 0) is 0 Å². The molecule has 1 rings (SSSR count). The molecule has 1 aromatic rings. The molecule has 1 unspecified atom stereocenters. The quantitative estimate of drug-likeness (QED) is 0.831. The van der Waals surface area contributed by atoms with Crippen LogP contribution in [-0.4, -0.2) is 27.2 Å². The molecule has 3 N–H and O–H groups in total. The van der Waals surface area contributed by atoms with E-state index < -0.39 is 5.97 Å². The van der Waals surface area contributed by atoms with Gasteiger partial charge in [0.25, 0.3) is 0 Å². The summed E-state index contributed by atoms with van der Waals surface area (Å²) < 4.78 is 2.03. The Bertz CT molecular complexity index is 324. The van der Waals surface area contributed by atoms with Crippen molar-refractivity contribution in [2.75, 3.05) is 6.54 Å². The summed E-state index contributed by atoms with van der Waals surface area (Å²) in [4.78, 5) is 14.6. The van der Waals surface area contributed by atoms with Crippen LogP contribution in [0.15, 0.2) is 10.9 Å². The van der Waals surface area contributed by atoms with Gasteiger partial charge in [0, 0.05) is 12.6 Å². The molecule has 0 amide bonds. The molecular formula is C7H10BrN3O2. The maximum Gasteiger partial charge on any atom is 0.354 e. The molecule has 5 nitrogen and oxygen atoms in total. The monoisotopic (exact) mass is 247 g/mol. The fourth-order valence-electron chi connectivity index (χ4n) is 1.02. The minimum Gasteiger partial charge on any atom is -0.477 e. The fraction of sp³-hybridized carbons (Fsp3) is 0.429. The molecule has 1 heterocycles. The number of imidazole rings is 1. The smallest absolute Gasteiger partial charge is 0.354 e. The number of carboxylic acid groups (broad SMARTS) is 1. The highest BCUT2D eigenvalue weighted by atomic mass is 79.9. The van der Waals surface area contributed by atoms with Gasteiger partial charge in [0.1, 0.15) is 5.69 Å². The van der Waals surface area contributed by atoms with Crippen LogP contribution in [0.1, 0.15) is 23.5 Å². The number of nitrogens with zero attached hydrogens (tertiary/aromatic N) is 2. The van der Waals surface area contributed by atoms with E-state index in [0.29, 0.717) is 11.3 Å². The lowest BCUT2D eigenvalue weighted by molar-refractivity contribution is 0.0683. The van der Waals surface area contributed by atoms with Crippen LogP contribution in [0.25, 0.3) is 0 Å². The molecule has 0 aromatic carbocycles. The maximum absolute atomic E-state index is 10.7. The Labute approximate surface area is 83.7 Å². The van der Waals surface area contributed by atoms with E-state index in [1.165, 1.54) is 6.20 Å². The normalized spacial score (nSPS) is 12.8. The van der Waals surface area contributed by atoms with Crippen LogP contribution in [0.4, 0.5) is 0 Å². The summed E-state index contributed by atoms with van der Waals surface area (Å²) in [6, 6.07) is -0.0806. The highest BCUT2D eigenvalue weighted by molar-refractivity contribution is 9.10. The summed E-state index contributed by atoms with van der Waals surface area (Å²) in [5.41, 5.74) is 5.58. The zero-order valence-electron chi connectivity index (χ0n) is 7.07. The van der Waals surface area contributed by atoms with Gasteiger partial charge in [0.15, 0.2) is 4.73 Å². The van der Waals surface area contributed by atoms with E-state index >= 15 is 0 Å². The Morgan fingerprint density at radius 2 is 2.54 bits per heavy atom. The number of nitrogens with two attached hydrogens (primary N) is 1. The standard InChI is InChI=1S/C7H10BrN3O2/c1-4(2-9)11-5(6(12)13)3-10-7(11)8/h3-4H,2,9H2,1H3,(H,12,13). The summed E-state index contributed by atoms with van der Waals surface area (Å²) in [6.45, 7) is 2.20. The van der Waals surface area contributed by atoms with Gasteiger partial charge in [0.05, 0.1) is 6.20 Å². The Hall–Kier alpha value is -0.880. The molecule has 1 atom stereocenters. The van der Waals surface area contributed by atoms with Gasteiger partial charge in [-0.15, -0.1) is 0 Å². The van der Waals surface area contributed by atoms with Gasteiger partial charge in [-0.3, -0.25) is 0 Å². The van der Waals surface area contributed by atoms with E-state index in [-0.39, 0.29) is 11.7 Å². The molecule has 0 aliphatic heterocycles. The van der Waals surface area contributed by atoms with Gasteiger partial charge < -0.3 is 15.4 Å². The molecule has 1 aromatic heterocycles. The van der Waals surface area contributed by atoms with E-state index in [1.807, 2.05) is 6.92 Å². The zero-order chi connectivity index (χ0) is 10.0. The molecule has 0 saturated heterocycles. The first-order valence-electron chi connectivity index (χ1n) is 3.74. The molecule has 6 heteroatoms. The van der Waals surface area contributed by atoms with Gasteiger partial charge in [-0.2, -0.15) is 0 Å². The summed E-state index contributed by atoms with van der Waals surface area (Å²) in [5, 5.41) is 8.80. The van der Waals surface area contributed by atoms with Gasteiger partial charge in [-0.1, -0.05) is 0 Å². The number of aromatic nitrogens is 2. The second-order valence-corrected chi connectivity index (χ2v) is 3.38. The molecule has 0 aliphatic rings. The predicted octanol–water partition coefficient (Wildman–Crippen LogP) is 0.864. The van der Waals surface area contributed by atoms with Crippen molar-refractivity contribution in [1.29, 1.82) is 0 Å². The van der Waals surface area contributed by atoms with Crippen molar-refractivity contribution in [3.63, 3.8) is 0 Å². The van der Waals surface area contributed by atoms with E-state index in [1.54, 1.807) is 4.57 Å². The highest BCUT2D eigenvalue weighted by Crippen LogP contribution is 2.17. The Morgan fingerprint density at radius 3 is 3.00 bits per heavy atom. The van der Waals surface area contributed by atoms with E-state index in [2.05, 4.69) is 20.9 Å². The minimum atomic E-state index is -1.00. The predicted molar refractivity (Wildman–Crippen MR) is 50.7 cm³/mol. The van der Waals surface area contributed by atoms with Crippen molar-refractivity contribution in [3.8, 4) is 0 Å². The average molecular weight is 248 g/mol. The molecule has 72 valence electrons. The van der Waals surface area contributed by atoms with Crippen molar-refractivity contribution in [2.24, 2.45) is 5.73 Å². The molecule has 0 saturated carbocycles. The molecule has 0 spiro atoms. The van der Waals surface area contributed by atoms with Gasteiger partial charge >= 0.3 is 5.97 Å². The van der Waals surface area contributed by atoms with Crippen LogP contribution < -0.4 is 5.73 Å². The van der Waals surface area contributed by atoms with Crippen molar-refractivity contribution >= 4 is 21.9 Å². The molecule has 0 radical (unpaired) electrons.